The predicted molar refractivity (Wildman–Crippen MR) is 94.4 cm³/mol. The van der Waals surface area contributed by atoms with Crippen molar-refractivity contribution in [2.75, 3.05) is 26.1 Å². The first-order chi connectivity index (χ1) is 12.0. The van der Waals surface area contributed by atoms with Gasteiger partial charge >= 0.3 is 5.97 Å². The molecule has 2 aromatic rings. The van der Waals surface area contributed by atoms with Crippen molar-refractivity contribution in [1.82, 2.24) is 0 Å². The Bertz CT molecular complexity index is 765. The van der Waals surface area contributed by atoms with Crippen LogP contribution in [0.1, 0.15) is 21.5 Å². The minimum atomic E-state index is -0.660. The molecule has 0 saturated carbocycles. The highest BCUT2D eigenvalue weighted by Gasteiger charge is 2.19. The summed E-state index contributed by atoms with van der Waals surface area (Å²) in [6.07, 6.45) is 0. The van der Waals surface area contributed by atoms with Crippen molar-refractivity contribution in [3.05, 3.63) is 53.1 Å². The monoisotopic (exact) mass is 343 g/mol. The molecule has 0 aliphatic carbocycles. The summed E-state index contributed by atoms with van der Waals surface area (Å²) in [5.41, 5.74) is 2.80. The number of esters is 1. The van der Waals surface area contributed by atoms with Gasteiger partial charge in [0.15, 0.2) is 18.1 Å². The Morgan fingerprint density at radius 3 is 2.20 bits per heavy atom. The fourth-order valence-corrected chi connectivity index (χ4v) is 2.44. The van der Waals surface area contributed by atoms with E-state index in [0.717, 1.165) is 16.8 Å². The van der Waals surface area contributed by atoms with E-state index in [9.17, 15) is 9.59 Å². The van der Waals surface area contributed by atoms with E-state index in [1.165, 1.54) is 14.2 Å². The Labute approximate surface area is 146 Å². The molecule has 0 aliphatic rings. The Balaban J connectivity index is 2.04. The number of hydrogen-bond acceptors (Lipinski definition) is 5. The van der Waals surface area contributed by atoms with Gasteiger partial charge in [-0.25, -0.2) is 4.79 Å². The summed E-state index contributed by atoms with van der Waals surface area (Å²) >= 11 is 0. The molecule has 2 aromatic carbocycles. The molecule has 2 rings (SSSR count). The lowest BCUT2D eigenvalue weighted by molar-refractivity contribution is -0.119. The second-order valence-electron chi connectivity index (χ2n) is 5.43. The minimum absolute atomic E-state index is 0.196. The van der Waals surface area contributed by atoms with Gasteiger partial charge in [-0.15, -0.1) is 0 Å². The molecule has 6 heteroatoms. The van der Waals surface area contributed by atoms with Crippen molar-refractivity contribution in [3.63, 3.8) is 0 Å². The first-order valence-corrected chi connectivity index (χ1v) is 7.72. The van der Waals surface area contributed by atoms with Gasteiger partial charge in [0.05, 0.1) is 14.2 Å². The van der Waals surface area contributed by atoms with E-state index in [-0.39, 0.29) is 11.3 Å². The third kappa shape index (κ3) is 4.29. The standard InChI is InChI=1S/C19H21NO5/c1-12-7-5-8-13(2)17(12)20-16(21)11-25-19(22)14-9-6-10-15(23-3)18(14)24-4/h5-10H,11H2,1-4H3,(H,20,21). The molecule has 0 aliphatic heterocycles. The van der Waals surface area contributed by atoms with Gasteiger partial charge in [0, 0.05) is 5.69 Å². The summed E-state index contributed by atoms with van der Waals surface area (Å²) in [6, 6.07) is 10.6. The van der Waals surface area contributed by atoms with Crippen molar-refractivity contribution in [2.45, 2.75) is 13.8 Å². The van der Waals surface area contributed by atoms with E-state index >= 15 is 0 Å². The lowest BCUT2D eigenvalue weighted by Crippen LogP contribution is -2.22. The maximum Gasteiger partial charge on any atom is 0.342 e. The topological polar surface area (TPSA) is 73.9 Å². The Morgan fingerprint density at radius 1 is 0.960 bits per heavy atom. The number of hydrogen-bond donors (Lipinski definition) is 1. The van der Waals surface area contributed by atoms with Gasteiger partial charge in [0.2, 0.25) is 0 Å². The van der Waals surface area contributed by atoms with Gasteiger partial charge in [-0.05, 0) is 37.1 Å². The van der Waals surface area contributed by atoms with E-state index in [2.05, 4.69) is 5.32 Å². The summed E-state index contributed by atoms with van der Waals surface area (Å²) in [6.45, 7) is 3.40. The number of benzene rings is 2. The number of carbonyl (C=O) groups excluding carboxylic acids is 2. The quantitative estimate of drug-likeness (QED) is 0.816. The fraction of sp³-hybridized carbons (Fsp3) is 0.263. The number of anilines is 1. The highest BCUT2D eigenvalue weighted by atomic mass is 16.5. The molecule has 132 valence electrons. The second-order valence-corrected chi connectivity index (χ2v) is 5.43. The molecule has 0 aromatic heterocycles. The summed E-state index contributed by atoms with van der Waals surface area (Å²) < 4.78 is 15.4. The van der Waals surface area contributed by atoms with Crippen LogP contribution in [0, 0.1) is 13.8 Å². The Kier molecular flexibility index (Phi) is 6.00. The zero-order valence-corrected chi connectivity index (χ0v) is 14.7. The van der Waals surface area contributed by atoms with Crippen molar-refractivity contribution in [2.24, 2.45) is 0 Å². The van der Waals surface area contributed by atoms with Crippen LogP contribution < -0.4 is 14.8 Å². The third-order valence-electron chi connectivity index (χ3n) is 3.70. The Morgan fingerprint density at radius 2 is 1.60 bits per heavy atom. The second kappa shape index (κ2) is 8.19. The smallest absolute Gasteiger partial charge is 0.342 e. The van der Waals surface area contributed by atoms with Crippen LogP contribution in [-0.4, -0.2) is 32.7 Å². The maximum absolute atomic E-state index is 12.2. The summed E-state index contributed by atoms with van der Waals surface area (Å²) in [5.74, 6) is -0.387. The molecule has 0 fully saturated rings. The van der Waals surface area contributed by atoms with Crippen molar-refractivity contribution < 1.29 is 23.8 Å². The summed E-state index contributed by atoms with van der Waals surface area (Å²) in [4.78, 5) is 24.3. The van der Waals surface area contributed by atoms with Crippen molar-refractivity contribution in [1.29, 1.82) is 0 Å². The van der Waals surface area contributed by atoms with Crippen molar-refractivity contribution in [3.8, 4) is 11.5 Å². The summed E-state index contributed by atoms with van der Waals surface area (Å²) in [5, 5.41) is 2.76. The molecule has 1 N–H and O–H groups in total. The van der Waals surface area contributed by atoms with Gasteiger partial charge in [-0.3, -0.25) is 4.79 Å². The van der Waals surface area contributed by atoms with Crippen LogP contribution >= 0.6 is 0 Å². The van der Waals surface area contributed by atoms with Gasteiger partial charge in [0.25, 0.3) is 5.91 Å². The highest BCUT2D eigenvalue weighted by Crippen LogP contribution is 2.31. The normalized spacial score (nSPS) is 10.1. The van der Waals surface area contributed by atoms with E-state index in [4.69, 9.17) is 14.2 Å². The first-order valence-electron chi connectivity index (χ1n) is 7.72. The van der Waals surface area contributed by atoms with Crippen LogP contribution in [-0.2, 0) is 9.53 Å². The van der Waals surface area contributed by atoms with Crippen LogP contribution in [0.3, 0.4) is 0 Å². The minimum Gasteiger partial charge on any atom is -0.493 e. The largest absolute Gasteiger partial charge is 0.493 e. The molecule has 0 atom stereocenters. The number of amides is 1. The van der Waals surface area contributed by atoms with E-state index < -0.39 is 18.5 Å². The summed E-state index contributed by atoms with van der Waals surface area (Å²) in [7, 11) is 2.91. The van der Waals surface area contributed by atoms with Crippen molar-refractivity contribution >= 4 is 17.6 Å². The number of carbonyl (C=O) groups is 2. The van der Waals surface area contributed by atoms with Crippen LogP contribution in [0.25, 0.3) is 0 Å². The number of aryl methyl sites for hydroxylation is 2. The van der Waals surface area contributed by atoms with Gasteiger partial charge in [0.1, 0.15) is 5.56 Å². The SMILES string of the molecule is COc1cccc(C(=O)OCC(=O)Nc2c(C)cccc2C)c1OC. The first kappa shape index (κ1) is 18.3. The predicted octanol–water partition coefficient (Wildman–Crippen LogP) is 3.12. The van der Waals surface area contributed by atoms with E-state index in [0.29, 0.717) is 5.75 Å². The van der Waals surface area contributed by atoms with Crippen LogP contribution in [0.15, 0.2) is 36.4 Å². The molecule has 0 saturated heterocycles. The van der Waals surface area contributed by atoms with Crippen LogP contribution in [0.2, 0.25) is 0 Å². The lowest BCUT2D eigenvalue weighted by atomic mass is 10.1. The zero-order valence-electron chi connectivity index (χ0n) is 14.7. The fourth-order valence-electron chi connectivity index (χ4n) is 2.44. The molecule has 0 radical (unpaired) electrons. The third-order valence-corrected chi connectivity index (χ3v) is 3.70. The molecule has 0 unspecified atom stereocenters. The number of nitrogens with one attached hydrogen (secondary N) is 1. The van der Waals surface area contributed by atoms with Gasteiger partial charge in [-0.2, -0.15) is 0 Å². The maximum atomic E-state index is 12.2. The van der Waals surface area contributed by atoms with E-state index in [1.807, 2.05) is 32.0 Å². The lowest BCUT2D eigenvalue weighted by Gasteiger charge is -2.13. The number of ether oxygens (including phenoxy) is 3. The molecule has 6 nitrogen and oxygen atoms in total. The molecule has 25 heavy (non-hydrogen) atoms. The highest BCUT2D eigenvalue weighted by molar-refractivity contribution is 5.97. The molecule has 0 heterocycles. The zero-order chi connectivity index (χ0) is 18.4. The van der Waals surface area contributed by atoms with Gasteiger partial charge < -0.3 is 19.5 Å². The average molecular weight is 343 g/mol. The molecule has 0 spiro atoms. The van der Waals surface area contributed by atoms with Gasteiger partial charge in [-0.1, -0.05) is 24.3 Å². The van der Waals surface area contributed by atoms with Crippen LogP contribution in [0.5, 0.6) is 11.5 Å². The molecular weight excluding hydrogens is 322 g/mol. The Hall–Kier alpha value is -3.02. The van der Waals surface area contributed by atoms with Crippen LogP contribution in [0.4, 0.5) is 5.69 Å². The molecular formula is C19H21NO5. The number of para-hydroxylation sites is 2. The number of rotatable bonds is 6. The average Bonchev–Trinajstić information content (AvgIpc) is 2.62. The van der Waals surface area contributed by atoms with E-state index in [1.54, 1.807) is 18.2 Å². The molecule has 1 amide bonds. The molecule has 0 bridgehead atoms. The number of methoxy groups -OCH3 is 2.